The number of carboxylic acid groups (broad SMARTS) is 1. The van der Waals surface area contributed by atoms with Crippen LogP contribution in [0.4, 0.5) is 10.5 Å². The Morgan fingerprint density at radius 2 is 1.95 bits per heavy atom. The average Bonchev–Trinajstić information content (AvgIpc) is 2.45. The van der Waals surface area contributed by atoms with Gasteiger partial charge in [0.15, 0.2) is 0 Å². The van der Waals surface area contributed by atoms with Gasteiger partial charge in [0.2, 0.25) is 5.91 Å². The van der Waals surface area contributed by atoms with Crippen molar-refractivity contribution < 1.29 is 19.5 Å². The van der Waals surface area contributed by atoms with Gasteiger partial charge in [0, 0.05) is 19.3 Å². The molecule has 0 aliphatic rings. The second-order valence-corrected chi connectivity index (χ2v) is 4.55. The molecule has 0 saturated carbocycles. The van der Waals surface area contributed by atoms with Gasteiger partial charge < -0.3 is 20.6 Å². The Kier molecular flexibility index (Phi) is 5.71. The highest BCUT2D eigenvalue weighted by Crippen LogP contribution is 2.16. The highest BCUT2D eigenvalue weighted by Gasteiger charge is 2.11. The quantitative estimate of drug-likeness (QED) is 0.762. The van der Waals surface area contributed by atoms with Crippen molar-refractivity contribution in [3.63, 3.8) is 0 Å². The summed E-state index contributed by atoms with van der Waals surface area (Å²) in [5.74, 6) is -1.21. The summed E-state index contributed by atoms with van der Waals surface area (Å²) in [5, 5.41) is 13.9. The van der Waals surface area contributed by atoms with Crippen molar-refractivity contribution in [2.24, 2.45) is 0 Å². The van der Waals surface area contributed by atoms with Gasteiger partial charge in [-0.3, -0.25) is 4.79 Å². The maximum atomic E-state index is 11.7. The van der Waals surface area contributed by atoms with E-state index in [0.29, 0.717) is 17.8 Å². The van der Waals surface area contributed by atoms with E-state index >= 15 is 0 Å². The predicted molar refractivity (Wildman–Crippen MR) is 78.5 cm³/mol. The van der Waals surface area contributed by atoms with Gasteiger partial charge in [-0.25, -0.2) is 9.59 Å². The van der Waals surface area contributed by atoms with Crippen LogP contribution in [0.3, 0.4) is 0 Å². The van der Waals surface area contributed by atoms with E-state index in [-0.39, 0.29) is 18.0 Å². The summed E-state index contributed by atoms with van der Waals surface area (Å²) >= 11 is 0. The van der Waals surface area contributed by atoms with Crippen molar-refractivity contribution in [1.29, 1.82) is 0 Å². The van der Waals surface area contributed by atoms with Crippen molar-refractivity contribution >= 4 is 23.6 Å². The summed E-state index contributed by atoms with van der Waals surface area (Å²) in [6.45, 7) is 4.00. The zero-order valence-corrected chi connectivity index (χ0v) is 12.3. The molecule has 0 bridgehead atoms. The molecule has 3 amide bonds. The van der Waals surface area contributed by atoms with Crippen molar-refractivity contribution in [3.05, 3.63) is 29.3 Å². The molecule has 1 aromatic carbocycles. The third kappa shape index (κ3) is 4.79. The molecule has 0 atom stereocenters. The van der Waals surface area contributed by atoms with Crippen LogP contribution in [0.5, 0.6) is 0 Å². The fraction of sp³-hybridized carbons (Fsp3) is 0.357. The van der Waals surface area contributed by atoms with E-state index in [1.807, 2.05) is 6.92 Å². The Balaban J connectivity index is 2.59. The van der Waals surface area contributed by atoms with Gasteiger partial charge >= 0.3 is 12.0 Å². The summed E-state index contributed by atoms with van der Waals surface area (Å²) in [6.07, 6.45) is 0. The van der Waals surface area contributed by atoms with Gasteiger partial charge in [-0.15, -0.1) is 0 Å². The van der Waals surface area contributed by atoms with Crippen LogP contribution in [0.25, 0.3) is 0 Å². The van der Waals surface area contributed by atoms with Gasteiger partial charge in [-0.1, -0.05) is 0 Å². The van der Waals surface area contributed by atoms with Gasteiger partial charge in [0.1, 0.15) is 0 Å². The number of rotatable bonds is 5. The standard InChI is InChI=1S/C14H19N3O4/c1-4-17(3)12(18)8-15-14(21)16-11-6-5-10(13(19)20)7-9(11)2/h5-7H,4,8H2,1-3H3,(H,19,20)(H2,15,16,21). The molecular weight excluding hydrogens is 274 g/mol. The fourth-order valence-corrected chi connectivity index (χ4v) is 1.57. The topological polar surface area (TPSA) is 98.7 Å². The summed E-state index contributed by atoms with van der Waals surface area (Å²) in [5.41, 5.74) is 1.27. The number of benzene rings is 1. The number of aromatic carboxylic acids is 1. The number of carbonyl (C=O) groups is 3. The molecule has 0 spiro atoms. The third-order valence-corrected chi connectivity index (χ3v) is 3.02. The van der Waals surface area contributed by atoms with Crippen LogP contribution in [0.15, 0.2) is 18.2 Å². The number of hydrogen-bond acceptors (Lipinski definition) is 3. The number of carbonyl (C=O) groups excluding carboxylic acids is 2. The number of amides is 3. The molecule has 1 rings (SSSR count). The minimum Gasteiger partial charge on any atom is -0.478 e. The van der Waals surface area contributed by atoms with Gasteiger partial charge in [0.05, 0.1) is 12.1 Å². The number of nitrogens with zero attached hydrogens (tertiary/aromatic N) is 1. The van der Waals surface area contributed by atoms with Crippen molar-refractivity contribution in [2.75, 3.05) is 25.5 Å². The van der Waals surface area contributed by atoms with Crippen molar-refractivity contribution in [3.8, 4) is 0 Å². The Labute approximate surface area is 122 Å². The van der Waals surface area contributed by atoms with E-state index in [4.69, 9.17) is 5.11 Å². The first kappa shape index (κ1) is 16.5. The van der Waals surface area contributed by atoms with Crippen molar-refractivity contribution in [2.45, 2.75) is 13.8 Å². The highest BCUT2D eigenvalue weighted by molar-refractivity contribution is 5.94. The molecular formula is C14H19N3O4. The van der Waals surface area contributed by atoms with Crippen LogP contribution < -0.4 is 10.6 Å². The molecule has 7 heteroatoms. The molecule has 0 unspecified atom stereocenters. The molecule has 0 aliphatic carbocycles. The first-order valence-electron chi connectivity index (χ1n) is 6.48. The van der Waals surface area contributed by atoms with Gasteiger partial charge in [-0.05, 0) is 37.6 Å². The number of likely N-dealkylation sites (N-methyl/N-ethyl adjacent to an activating group) is 1. The molecule has 0 radical (unpaired) electrons. The van der Waals surface area contributed by atoms with Crippen molar-refractivity contribution in [1.82, 2.24) is 10.2 Å². The minimum atomic E-state index is -1.03. The van der Waals surface area contributed by atoms with Crippen LogP contribution >= 0.6 is 0 Å². The maximum Gasteiger partial charge on any atom is 0.335 e. The molecule has 114 valence electrons. The molecule has 1 aromatic rings. The zero-order chi connectivity index (χ0) is 16.0. The lowest BCUT2D eigenvalue weighted by Crippen LogP contribution is -2.39. The Morgan fingerprint density at radius 1 is 1.29 bits per heavy atom. The van der Waals surface area contributed by atoms with Crippen LogP contribution in [0.1, 0.15) is 22.8 Å². The molecule has 21 heavy (non-hydrogen) atoms. The number of nitrogens with one attached hydrogen (secondary N) is 2. The highest BCUT2D eigenvalue weighted by atomic mass is 16.4. The third-order valence-electron chi connectivity index (χ3n) is 3.02. The van der Waals surface area contributed by atoms with E-state index in [9.17, 15) is 14.4 Å². The van der Waals surface area contributed by atoms with E-state index < -0.39 is 12.0 Å². The van der Waals surface area contributed by atoms with E-state index in [2.05, 4.69) is 10.6 Å². The normalized spacial score (nSPS) is 9.86. The van der Waals surface area contributed by atoms with Crippen LogP contribution in [0.2, 0.25) is 0 Å². The number of hydrogen-bond donors (Lipinski definition) is 3. The lowest BCUT2D eigenvalue weighted by Gasteiger charge is -2.15. The second-order valence-electron chi connectivity index (χ2n) is 4.55. The summed E-state index contributed by atoms with van der Waals surface area (Å²) in [6, 6.07) is 3.87. The SMILES string of the molecule is CCN(C)C(=O)CNC(=O)Nc1ccc(C(=O)O)cc1C. The minimum absolute atomic E-state index is 0.0948. The summed E-state index contributed by atoms with van der Waals surface area (Å²) in [4.78, 5) is 35.5. The molecule has 7 nitrogen and oxygen atoms in total. The molecule has 0 aromatic heterocycles. The van der Waals surface area contributed by atoms with Crippen LogP contribution in [-0.4, -0.2) is 48.1 Å². The largest absolute Gasteiger partial charge is 0.478 e. The van der Waals surface area contributed by atoms with E-state index in [0.717, 1.165) is 0 Å². The molecule has 0 heterocycles. The maximum absolute atomic E-state index is 11.7. The lowest BCUT2D eigenvalue weighted by molar-refractivity contribution is -0.128. The number of aryl methyl sites for hydroxylation is 1. The monoisotopic (exact) mass is 293 g/mol. The second kappa shape index (κ2) is 7.28. The lowest BCUT2D eigenvalue weighted by atomic mass is 10.1. The first-order chi connectivity index (χ1) is 9.85. The number of carboxylic acids is 1. The summed E-state index contributed by atoms with van der Waals surface area (Å²) < 4.78 is 0. The Bertz CT molecular complexity index is 557. The Morgan fingerprint density at radius 3 is 2.48 bits per heavy atom. The van der Waals surface area contributed by atoms with Crippen LogP contribution in [-0.2, 0) is 4.79 Å². The molecule has 3 N–H and O–H groups in total. The van der Waals surface area contributed by atoms with Crippen LogP contribution in [0, 0.1) is 6.92 Å². The summed E-state index contributed by atoms with van der Waals surface area (Å²) in [7, 11) is 1.65. The Hall–Kier alpha value is -2.57. The van der Waals surface area contributed by atoms with Gasteiger partial charge in [-0.2, -0.15) is 0 Å². The average molecular weight is 293 g/mol. The van der Waals surface area contributed by atoms with Gasteiger partial charge in [0.25, 0.3) is 0 Å². The number of urea groups is 1. The van der Waals surface area contributed by atoms with E-state index in [1.54, 1.807) is 14.0 Å². The molecule has 0 aliphatic heterocycles. The van der Waals surface area contributed by atoms with E-state index in [1.165, 1.54) is 23.1 Å². The molecule has 0 fully saturated rings. The number of anilines is 1. The zero-order valence-electron chi connectivity index (χ0n) is 12.3. The fourth-order valence-electron chi connectivity index (χ4n) is 1.57. The predicted octanol–water partition coefficient (Wildman–Crippen LogP) is 1.29. The smallest absolute Gasteiger partial charge is 0.335 e. The first-order valence-corrected chi connectivity index (χ1v) is 6.48. The molecule has 0 saturated heterocycles.